The molecule has 0 atom stereocenters. The van der Waals surface area contributed by atoms with E-state index in [4.69, 9.17) is 5.11 Å². The smallest absolute Gasteiger partial charge is 0.322 e. The second-order valence-corrected chi connectivity index (χ2v) is 4.06. The number of rotatable bonds is 2. The summed E-state index contributed by atoms with van der Waals surface area (Å²) in [6.07, 6.45) is 1.23. The number of piperidine rings is 1. The van der Waals surface area contributed by atoms with Crippen molar-refractivity contribution in [1.82, 2.24) is 15.5 Å². The largest absolute Gasteiger partial charge is 0.395 e. The highest BCUT2D eigenvalue weighted by Gasteiger charge is 2.47. The first-order valence-corrected chi connectivity index (χ1v) is 5.13. The van der Waals surface area contributed by atoms with Gasteiger partial charge in [0.25, 0.3) is 5.91 Å². The van der Waals surface area contributed by atoms with Crippen LogP contribution in [-0.2, 0) is 4.79 Å². The first-order valence-electron chi connectivity index (χ1n) is 5.13. The molecular weight excluding hydrogens is 198 g/mol. The van der Waals surface area contributed by atoms with Crippen LogP contribution in [0.1, 0.15) is 12.8 Å². The van der Waals surface area contributed by atoms with Gasteiger partial charge in [0.05, 0.1) is 6.61 Å². The zero-order valence-corrected chi connectivity index (χ0v) is 8.45. The molecular formula is C9H15N3O3. The van der Waals surface area contributed by atoms with Gasteiger partial charge in [-0.25, -0.2) is 4.79 Å². The molecule has 0 saturated carbocycles. The predicted molar refractivity (Wildman–Crippen MR) is 52.2 cm³/mol. The van der Waals surface area contributed by atoms with Crippen molar-refractivity contribution >= 4 is 11.9 Å². The van der Waals surface area contributed by atoms with Crippen LogP contribution < -0.4 is 10.6 Å². The number of urea groups is 1. The van der Waals surface area contributed by atoms with Gasteiger partial charge in [0.2, 0.25) is 0 Å². The second-order valence-electron chi connectivity index (χ2n) is 4.06. The molecule has 0 radical (unpaired) electrons. The van der Waals surface area contributed by atoms with Crippen molar-refractivity contribution in [3.05, 3.63) is 0 Å². The number of imide groups is 1. The molecule has 6 heteroatoms. The van der Waals surface area contributed by atoms with E-state index in [2.05, 4.69) is 15.5 Å². The van der Waals surface area contributed by atoms with Gasteiger partial charge in [-0.1, -0.05) is 0 Å². The average molecular weight is 213 g/mol. The third-order valence-corrected chi connectivity index (χ3v) is 3.14. The monoisotopic (exact) mass is 213 g/mol. The van der Waals surface area contributed by atoms with Crippen molar-refractivity contribution in [2.75, 3.05) is 26.2 Å². The third-order valence-electron chi connectivity index (χ3n) is 3.14. The number of aliphatic hydroxyl groups excluding tert-OH is 1. The molecule has 0 aromatic rings. The fraction of sp³-hybridized carbons (Fsp3) is 0.778. The summed E-state index contributed by atoms with van der Waals surface area (Å²) >= 11 is 0. The van der Waals surface area contributed by atoms with Gasteiger partial charge in [0.15, 0.2) is 0 Å². The van der Waals surface area contributed by atoms with Crippen LogP contribution in [0.4, 0.5) is 4.79 Å². The summed E-state index contributed by atoms with van der Waals surface area (Å²) < 4.78 is 0. The Hall–Kier alpha value is -1.14. The van der Waals surface area contributed by atoms with E-state index in [9.17, 15) is 9.59 Å². The lowest BCUT2D eigenvalue weighted by Crippen LogP contribution is -2.55. The topological polar surface area (TPSA) is 81.7 Å². The molecule has 3 amide bonds. The minimum Gasteiger partial charge on any atom is -0.395 e. The van der Waals surface area contributed by atoms with E-state index >= 15 is 0 Å². The fourth-order valence-electron chi connectivity index (χ4n) is 2.18. The predicted octanol–water partition coefficient (Wildman–Crippen LogP) is -1.35. The second kappa shape index (κ2) is 3.79. The van der Waals surface area contributed by atoms with Gasteiger partial charge in [-0.15, -0.1) is 0 Å². The number of aliphatic hydroxyl groups is 1. The van der Waals surface area contributed by atoms with E-state index < -0.39 is 11.6 Å². The van der Waals surface area contributed by atoms with Gasteiger partial charge in [-0.05, 0) is 12.8 Å². The third kappa shape index (κ3) is 1.82. The Bertz CT molecular complexity index is 284. The number of nitrogens with zero attached hydrogens (tertiary/aromatic N) is 1. The number of hydrogen-bond donors (Lipinski definition) is 3. The summed E-state index contributed by atoms with van der Waals surface area (Å²) in [6.45, 7) is 2.22. The normalized spacial score (nSPS) is 25.4. The molecule has 0 aromatic carbocycles. The standard InChI is InChI=1S/C9H15N3O3/c13-6-5-12-3-1-9(2-4-12)7(14)10-8(15)11-9/h13H,1-6H2,(H2,10,11,14,15). The van der Waals surface area contributed by atoms with Gasteiger partial charge >= 0.3 is 6.03 Å². The minimum absolute atomic E-state index is 0.131. The number of carbonyl (C=O) groups is 2. The van der Waals surface area contributed by atoms with Crippen LogP contribution in [0.15, 0.2) is 0 Å². The van der Waals surface area contributed by atoms with Crippen molar-refractivity contribution in [3.8, 4) is 0 Å². The quantitative estimate of drug-likeness (QED) is 0.495. The summed E-state index contributed by atoms with van der Waals surface area (Å²) in [5.41, 5.74) is -0.691. The fourth-order valence-corrected chi connectivity index (χ4v) is 2.18. The number of carbonyl (C=O) groups excluding carboxylic acids is 2. The van der Waals surface area contributed by atoms with E-state index in [1.54, 1.807) is 0 Å². The maximum absolute atomic E-state index is 11.6. The average Bonchev–Trinajstić information content (AvgIpc) is 2.47. The molecule has 2 heterocycles. The van der Waals surface area contributed by atoms with Gasteiger partial charge in [-0.2, -0.15) is 0 Å². The Morgan fingerprint density at radius 2 is 2.00 bits per heavy atom. The molecule has 2 aliphatic heterocycles. The Balaban J connectivity index is 1.97. The molecule has 1 spiro atoms. The molecule has 0 aliphatic carbocycles. The number of likely N-dealkylation sites (tertiary alicyclic amines) is 1. The van der Waals surface area contributed by atoms with Crippen molar-refractivity contribution < 1.29 is 14.7 Å². The van der Waals surface area contributed by atoms with Crippen molar-refractivity contribution in [2.45, 2.75) is 18.4 Å². The molecule has 2 saturated heterocycles. The van der Waals surface area contributed by atoms with Crippen LogP contribution in [0.5, 0.6) is 0 Å². The summed E-state index contributed by atoms with van der Waals surface area (Å²) in [6, 6.07) is -0.393. The van der Waals surface area contributed by atoms with Crippen LogP contribution in [0, 0.1) is 0 Å². The molecule has 0 bridgehead atoms. The van der Waals surface area contributed by atoms with Gasteiger partial charge in [0, 0.05) is 19.6 Å². The molecule has 3 N–H and O–H groups in total. The van der Waals surface area contributed by atoms with E-state index in [0.29, 0.717) is 19.4 Å². The van der Waals surface area contributed by atoms with E-state index in [-0.39, 0.29) is 12.5 Å². The number of nitrogens with one attached hydrogen (secondary N) is 2. The Morgan fingerprint density at radius 1 is 1.33 bits per heavy atom. The van der Waals surface area contributed by atoms with E-state index in [0.717, 1.165) is 13.1 Å². The van der Waals surface area contributed by atoms with E-state index in [1.807, 2.05) is 0 Å². The molecule has 2 fully saturated rings. The summed E-state index contributed by atoms with van der Waals surface area (Å²) in [5, 5.41) is 13.7. The molecule has 84 valence electrons. The maximum atomic E-state index is 11.6. The maximum Gasteiger partial charge on any atom is 0.322 e. The lowest BCUT2D eigenvalue weighted by molar-refractivity contribution is -0.125. The molecule has 0 aromatic heterocycles. The lowest BCUT2D eigenvalue weighted by atomic mass is 9.88. The zero-order chi connectivity index (χ0) is 10.9. The number of β-amino-alcohol motifs (C(OH)–C–C–N with tert-alkyl or cyclic N) is 1. The molecule has 2 rings (SSSR count). The highest BCUT2D eigenvalue weighted by molar-refractivity contribution is 6.07. The van der Waals surface area contributed by atoms with Crippen LogP contribution in [0.2, 0.25) is 0 Å². The van der Waals surface area contributed by atoms with Crippen molar-refractivity contribution in [2.24, 2.45) is 0 Å². The first-order chi connectivity index (χ1) is 7.16. The van der Waals surface area contributed by atoms with Crippen LogP contribution >= 0.6 is 0 Å². The Morgan fingerprint density at radius 3 is 2.47 bits per heavy atom. The number of hydrogen-bond acceptors (Lipinski definition) is 4. The molecule has 0 unspecified atom stereocenters. The Labute approximate surface area is 87.6 Å². The first kappa shape index (κ1) is 10.4. The van der Waals surface area contributed by atoms with Crippen LogP contribution in [0.25, 0.3) is 0 Å². The van der Waals surface area contributed by atoms with Crippen LogP contribution in [0.3, 0.4) is 0 Å². The highest BCUT2D eigenvalue weighted by Crippen LogP contribution is 2.24. The zero-order valence-electron chi connectivity index (χ0n) is 8.45. The van der Waals surface area contributed by atoms with E-state index in [1.165, 1.54) is 0 Å². The van der Waals surface area contributed by atoms with Gasteiger partial charge < -0.3 is 15.3 Å². The highest BCUT2D eigenvalue weighted by atomic mass is 16.3. The lowest BCUT2D eigenvalue weighted by Gasteiger charge is -2.36. The number of amides is 3. The SMILES string of the molecule is O=C1NC(=O)C2(CCN(CCO)CC2)N1. The minimum atomic E-state index is -0.691. The van der Waals surface area contributed by atoms with Gasteiger partial charge in [-0.3, -0.25) is 10.1 Å². The van der Waals surface area contributed by atoms with Gasteiger partial charge in [0.1, 0.15) is 5.54 Å². The molecule has 15 heavy (non-hydrogen) atoms. The summed E-state index contributed by atoms with van der Waals surface area (Å²) in [5.74, 6) is -0.212. The van der Waals surface area contributed by atoms with Crippen LogP contribution in [-0.4, -0.2) is 53.7 Å². The van der Waals surface area contributed by atoms with Crippen molar-refractivity contribution in [1.29, 1.82) is 0 Å². The van der Waals surface area contributed by atoms with Crippen molar-refractivity contribution in [3.63, 3.8) is 0 Å². The summed E-state index contributed by atoms with van der Waals surface area (Å²) in [7, 11) is 0. The molecule has 2 aliphatic rings. The molecule has 6 nitrogen and oxygen atoms in total. The summed E-state index contributed by atoms with van der Waals surface area (Å²) in [4.78, 5) is 24.7. The Kier molecular flexibility index (Phi) is 2.62.